The van der Waals surface area contributed by atoms with Crippen molar-refractivity contribution in [3.63, 3.8) is 0 Å². The first kappa shape index (κ1) is 16.2. The summed E-state index contributed by atoms with van der Waals surface area (Å²) in [5.74, 6) is 0.817. The van der Waals surface area contributed by atoms with E-state index in [9.17, 15) is 5.11 Å². The van der Waals surface area contributed by atoms with Crippen LogP contribution in [-0.2, 0) is 13.0 Å². The number of nitrogens with zero attached hydrogens (tertiary/aromatic N) is 3. The zero-order valence-electron chi connectivity index (χ0n) is 14.3. The molecule has 1 aliphatic rings. The number of hydrogen-bond acceptors (Lipinski definition) is 3. The van der Waals surface area contributed by atoms with E-state index in [0.717, 1.165) is 29.4 Å². The fourth-order valence-corrected chi connectivity index (χ4v) is 3.66. The summed E-state index contributed by atoms with van der Waals surface area (Å²) in [6.07, 6.45) is 8.93. The van der Waals surface area contributed by atoms with Gasteiger partial charge in [-0.1, -0.05) is 49.5 Å². The Morgan fingerprint density at radius 3 is 2.70 bits per heavy atom. The molecule has 0 unspecified atom stereocenters. The average molecular weight is 313 g/mol. The van der Waals surface area contributed by atoms with E-state index in [-0.39, 0.29) is 6.61 Å². The molecule has 2 aromatic rings. The second kappa shape index (κ2) is 7.26. The lowest BCUT2D eigenvalue weighted by Crippen LogP contribution is -2.11. The highest BCUT2D eigenvalue weighted by Gasteiger charge is 2.19. The Morgan fingerprint density at radius 2 is 1.96 bits per heavy atom. The Kier molecular flexibility index (Phi) is 5.11. The monoisotopic (exact) mass is 313 g/mol. The molecule has 1 heterocycles. The van der Waals surface area contributed by atoms with Gasteiger partial charge in [0.2, 0.25) is 0 Å². The van der Waals surface area contributed by atoms with E-state index in [2.05, 4.69) is 42.4 Å². The van der Waals surface area contributed by atoms with Crippen molar-refractivity contribution in [2.45, 2.75) is 65.4 Å². The van der Waals surface area contributed by atoms with Gasteiger partial charge in [0, 0.05) is 0 Å². The molecule has 0 saturated heterocycles. The third-order valence-electron chi connectivity index (χ3n) is 5.10. The smallest absolute Gasteiger partial charge is 0.112 e. The predicted octanol–water partition coefficient (Wildman–Crippen LogP) is 3.89. The molecule has 4 nitrogen and oxygen atoms in total. The van der Waals surface area contributed by atoms with Crippen LogP contribution in [0.4, 0.5) is 0 Å². The minimum Gasteiger partial charge on any atom is -0.390 e. The molecule has 0 aliphatic heterocycles. The van der Waals surface area contributed by atoms with Gasteiger partial charge in [0.05, 0.1) is 18.0 Å². The summed E-state index contributed by atoms with van der Waals surface area (Å²) in [5, 5.41) is 18.2. The molecule has 124 valence electrons. The van der Waals surface area contributed by atoms with Gasteiger partial charge in [-0.3, -0.25) is 0 Å². The minimum absolute atomic E-state index is 0.0368. The van der Waals surface area contributed by atoms with Gasteiger partial charge in [-0.05, 0) is 49.8 Å². The van der Waals surface area contributed by atoms with Gasteiger partial charge in [0.25, 0.3) is 0 Å². The molecular formula is C19H27N3O. The Bertz CT molecular complexity index is 657. The minimum atomic E-state index is -0.0368. The van der Waals surface area contributed by atoms with Gasteiger partial charge in [-0.15, -0.1) is 5.10 Å². The third kappa shape index (κ3) is 3.63. The molecule has 23 heavy (non-hydrogen) atoms. The maximum Gasteiger partial charge on any atom is 0.112 e. The van der Waals surface area contributed by atoms with Crippen molar-refractivity contribution in [3.8, 4) is 5.69 Å². The summed E-state index contributed by atoms with van der Waals surface area (Å²) in [7, 11) is 0. The molecule has 1 saturated carbocycles. The van der Waals surface area contributed by atoms with Crippen LogP contribution in [0.15, 0.2) is 18.2 Å². The molecule has 1 aromatic heterocycles. The van der Waals surface area contributed by atoms with Crippen LogP contribution in [0, 0.1) is 19.8 Å². The van der Waals surface area contributed by atoms with Crippen LogP contribution in [0.2, 0.25) is 0 Å². The molecule has 1 aliphatic carbocycles. The molecule has 0 bridgehead atoms. The Labute approximate surface area is 138 Å². The Balaban J connectivity index is 1.86. The highest BCUT2D eigenvalue weighted by molar-refractivity contribution is 5.43. The van der Waals surface area contributed by atoms with Gasteiger partial charge in [0.1, 0.15) is 5.69 Å². The lowest BCUT2D eigenvalue weighted by molar-refractivity contribution is 0.274. The van der Waals surface area contributed by atoms with Crippen LogP contribution >= 0.6 is 0 Å². The first-order valence-electron chi connectivity index (χ1n) is 8.81. The quantitative estimate of drug-likeness (QED) is 0.911. The summed E-state index contributed by atoms with van der Waals surface area (Å²) in [4.78, 5) is 0. The molecule has 3 rings (SSSR count). The maximum absolute atomic E-state index is 9.62. The molecule has 4 heteroatoms. The number of hydrogen-bond donors (Lipinski definition) is 1. The largest absolute Gasteiger partial charge is 0.390 e. The molecule has 0 amide bonds. The van der Waals surface area contributed by atoms with E-state index in [1.54, 1.807) is 0 Å². The first-order valence-corrected chi connectivity index (χ1v) is 8.81. The maximum atomic E-state index is 9.62. The highest BCUT2D eigenvalue weighted by Crippen LogP contribution is 2.28. The molecule has 0 atom stereocenters. The standard InChI is InChI=1S/C19H27N3O/c1-14-8-9-15(2)19(12-14)22-18(17(13-23)20-21-22)11-10-16-6-4-3-5-7-16/h8-9,12,16,23H,3-7,10-11,13H2,1-2H3. The molecule has 0 radical (unpaired) electrons. The second-order valence-electron chi connectivity index (χ2n) is 6.89. The predicted molar refractivity (Wildman–Crippen MR) is 91.7 cm³/mol. The van der Waals surface area contributed by atoms with Crippen LogP contribution in [0.25, 0.3) is 5.69 Å². The van der Waals surface area contributed by atoms with E-state index in [0.29, 0.717) is 0 Å². The van der Waals surface area contributed by atoms with Crippen LogP contribution in [-0.4, -0.2) is 20.1 Å². The topological polar surface area (TPSA) is 50.9 Å². The van der Waals surface area contributed by atoms with Gasteiger partial charge in [-0.25, -0.2) is 4.68 Å². The van der Waals surface area contributed by atoms with Gasteiger partial charge in [-0.2, -0.15) is 0 Å². The number of benzene rings is 1. The normalized spacial score (nSPS) is 16.0. The molecule has 0 spiro atoms. The third-order valence-corrected chi connectivity index (χ3v) is 5.10. The molecule has 1 aromatic carbocycles. The number of aliphatic hydroxyl groups excluding tert-OH is 1. The van der Waals surface area contributed by atoms with Crippen molar-refractivity contribution in [1.82, 2.24) is 15.0 Å². The summed E-state index contributed by atoms with van der Waals surface area (Å²) in [5.41, 5.74) is 5.28. The Morgan fingerprint density at radius 1 is 1.17 bits per heavy atom. The zero-order chi connectivity index (χ0) is 16.2. The fourth-order valence-electron chi connectivity index (χ4n) is 3.66. The van der Waals surface area contributed by atoms with Crippen molar-refractivity contribution in [2.24, 2.45) is 5.92 Å². The van der Waals surface area contributed by atoms with Gasteiger partial charge < -0.3 is 5.11 Å². The van der Waals surface area contributed by atoms with E-state index in [4.69, 9.17) is 0 Å². The van der Waals surface area contributed by atoms with Crippen LogP contribution in [0.3, 0.4) is 0 Å². The number of aliphatic hydroxyl groups is 1. The van der Waals surface area contributed by atoms with E-state index in [1.807, 2.05) is 4.68 Å². The van der Waals surface area contributed by atoms with Crippen molar-refractivity contribution < 1.29 is 5.11 Å². The van der Waals surface area contributed by atoms with Crippen LogP contribution in [0.1, 0.15) is 61.0 Å². The average Bonchev–Trinajstić information content (AvgIpc) is 2.99. The summed E-state index contributed by atoms with van der Waals surface area (Å²) >= 11 is 0. The van der Waals surface area contributed by atoms with E-state index >= 15 is 0 Å². The number of aromatic nitrogens is 3. The van der Waals surface area contributed by atoms with Crippen molar-refractivity contribution in [3.05, 3.63) is 40.7 Å². The summed E-state index contributed by atoms with van der Waals surface area (Å²) in [6.45, 7) is 4.15. The molecule has 1 fully saturated rings. The molecule has 1 N–H and O–H groups in total. The number of rotatable bonds is 5. The van der Waals surface area contributed by atoms with Crippen molar-refractivity contribution in [2.75, 3.05) is 0 Å². The van der Waals surface area contributed by atoms with Crippen LogP contribution < -0.4 is 0 Å². The second-order valence-corrected chi connectivity index (χ2v) is 6.89. The summed E-state index contributed by atoms with van der Waals surface area (Å²) in [6, 6.07) is 6.38. The van der Waals surface area contributed by atoms with Crippen LogP contribution in [0.5, 0.6) is 0 Å². The number of aryl methyl sites for hydroxylation is 2. The van der Waals surface area contributed by atoms with Gasteiger partial charge >= 0.3 is 0 Å². The fraction of sp³-hybridized carbons (Fsp3) is 0.579. The van der Waals surface area contributed by atoms with E-state index < -0.39 is 0 Å². The zero-order valence-corrected chi connectivity index (χ0v) is 14.3. The lowest BCUT2D eigenvalue weighted by atomic mass is 9.85. The van der Waals surface area contributed by atoms with Gasteiger partial charge in [0.15, 0.2) is 0 Å². The lowest BCUT2D eigenvalue weighted by Gasteiger charge is -2.21. The van der Waals surface area contributed by atoms with Crippen molar-refractivity contribution >= 4 is 0 Å². The summed E-state index contributed by atoms with van der Waals surface area (Å²) < 4.78 is 1.94. The highest BCUT2D eigenvalue weighted by atomic mass is 16.3. The first-order chi connectivity index (χ1) is 11.2. The molecular weight excluding hydrogens is 286 g/mol. The SMILES string of the molecule is Cc1ccc(C)c(-n2nnc(CO)c2CCC2CCCCC2)c1. The van der Waals surface area contributed by atoms with E-state index in [1.165, 1.54) is 49.7 Å². The Hall–Kier alpha value is -1.68. The van der Waals surface area contributed by atoms with Crippen molar-refractivity contribution in [1.29, 1.82) is 0 Å².